The number of hydrogen-bond donors (Lipinski definition) is 0. The van der Waals surface area contributed by atoms with Crippen molar-refractivity contribution < 1.29 is 22.0 Å². The van der Waals surface area contributed by atoms with Crippen molar-refractivity contribution >= 4 is 16.4 Å². The molecular weight excluding hydrogens is 274 g/mol. The van der Waals surface area contributed by atoms with Crippen LogP contribution in [0.1, 0.15) is 13.8 Å². The molecule has 2 atom stereocenters. The van der Waals surface area contributed by atoms with E-state index in [2.05, 4.69) is 4.28 Å². The van der Waals surface area contributed by atoms with E-state index in [0.717, 1.165) is 0 Å². The molecule has 0 N–H and O–H groups in total. The molecule has 0 aromatic heterocycles. The second-order valence-corrected chi connectivity index (χ2v) is 5.62. The Morgan fingerprint density at radius 1 is 1.58 bits per heavy atom. The predicted octanol–water partition coefficient (Wildman–Crippen LogP) is -0.0274. The fraction of sp³-hybridized carbons (Fsp3) is 0.600. The van der Waals surface area contributed by atoms with Gasteiger partial charge in [-0.25, -0.2) is 13.2 Å². The molecule has 0 radical (unpaired) electrons. The van der Waals surface area contributed by atoms with Gasteiger partial charge in [0.25, 0.3) is 0 Å². The smallest absolute Gasteiger partial charge is 0.347 e. The number of amides is 2. The second kappa shape index (κ2) is 4.48. The first-order chi connectivity index (χ1) is 8.74. The van der Waals surface area contributed by atoms with Crippen molar-refractivity contribution in [1.82, 2.24) is 9.96 Å². The quantitative estimate of drug-likeness (QED) is 0.409. The fourth-order valence-electron chi connectivity index (χ4n) is 2.32. The highest BCUT2D eigenvalue weighted by atomic mass is 32.3. The van der Waals surface area contributed by atoms with E-state index in [0.29, 0.717) is 10.6 Å². The molecule has 8 nitrogen and oxygen atoms in total. The lowest BCUT2D eigenvalue weighted by atomic mass is 9.91. The van der Waals surface area contributed by atoms with E-state index in [9.17, 15) is 17.8 Å². The summed E-state index contributed by atoms with van der Waals surface area (Å²) in [5.74, 6) is -0.00523. The highest BCUT2D eigenvalue weighted by Gasteiger charge is 2.48. The molecule has 0 aromatic rings. The van der Waals surface area contributed by atoms with Crippen molar-refractivity contribution in [3.63, 3.8) is 0 Å². The van der Waals surface area contributed by atoms with Crippen molar-refractivity contribution in [3.05, 3.63) is 11.6 Å². The summed E-state index contributed by atoms with van der Waals surface area (Å²) in [7, 11) is -5.03. The lowest BCUT2D eigenvalue weighted by Crippen LogP contribution is -2.38. The molecule has 2 heterocycles. The minimum absolute atomic E-state index is 0.00523. The Kier molecular flexibility index (Phi) is 3.25. The Morgan fingerprint density at radius 2 is 2.21 bits per heavy atom. The number of nitrogens with zero attached hydrogens (tertiary/aromatic N) is 3. The SMILES string of the molecule is CC(C)C1=C[C@@H](C#N)N2C[C@@H]1N(OS(=O)(=O)[O-])C2=O. The Labute approximate surface area is 110 Å². The minimum Gasteiger partial charge on any atom is -0.724 e. The maximum absolute atomic E-state index is 11.9. The topological polar surface area (TPSA) is 114 Å². The number of nitriles is 1. The van der Waals surface area contributed by atoms with E-state index >= 15 is 0 Å². The highest BCUT2D eigenvalue weighted by Crippen LogP contribution is 2.33. The van der Waals surface area contributed by atoms with Gasteiger partial charge in [-0.15, -0.1) is 0 Å². The zero-order chi connectivity index (χ0) is 14.4. The van der Waals surface area contributed by atoms with E-state index in [1.165, 1.54) is 4.90 Å². The van der Waals surface area contributed by atoms with E-state index < -0.39 is 28.5 Å². The average molecular weight is 286 g/mol. The first kappa shape index (κ1) is 13.8. The summed E-state index contributed by atoms with van der Waals surface area (Å²) in [4.78, 5) is 13.1. The van der Waals surface area contributed by atoms with E-state index in [1.54, 1.807) is 6.08 Å². The zero-order valence-corrected chi connectivity index (χ0v) is 11.1. The van der Waals surface area contributed by atoms with Gasteiger partial charge in [-0.05, 0) is 17.6 Å². The highest BCUT2D eigenvalue weighted by molar-refractivity contribution is 7.80. The molecule has 2 bridgehead atoms. The van der Waals surface area contributed by atoms with Gasteiger partial charge < -0.3 is 9.45 Å². The van der Waals surface area contributed by atoms with Crippen molar-refractivity contribution in [2.45, 2.75) is 25.9 Å². The monoisotopic (exact) mass is 286 g/mol. The standard InChI is InChI=1S/C10H13N3O5S/c1-6(2)8-3-7(4-11)12-5-9(8)13(10(12)14)18-19(15,16)17/h3,6-7,9H,5H2,1-2H3,(H,15,16,17)/p-1/t7-,9-/m0/s1. The van der Waals surface area contributed by atoms with E-state index in [1.807, 2.05) is 19.9 Å². The molecule has 1 saturated heterocycles. The van der Waals surface area contributed by atoms with Crippen molar-refractivity contribution in [1.29, 1.82) is 5.26 Å². The maximum Gasteiger partial charge on any atom is 0.347 e. The summed E-state index contributed by atoms with van der Waals surface area (Å²) in [6, 6.07) is -0.266. The molecule has 9 heteroatoms. The summed E-state index contributed by atoms with van der Waals surface area (Å²) in [6.07, 6.45) is 1.61. The molecule has 2 aliphatic rings. The Morgan fingerprint density at radius 3 is 2.68 bits per heavy atom. The molecule has 2 aliphatic heterocycles. The maximum atomic E-state index is 11.9. The first-order valence-corrected chi connectivity index (χ1v) is 6.94. The predicted molar refractivity (Wildman–Crippen MR) is 60.8 cm³/mol. The van der Waals surface area contributed by atoms with Gasteiger partial charge in [-0.1, -0.05) is 13.8 Å². The van der Waals surface area contributed by atoms with Crippen LogP contribution in [0.3, 0.4) is 0 Å². The van der Waals surface area contributed by atoms with Crippen LogP contribution in [0.2, 0.25) is 0 Å². The van der Waals surface area contributed by atoms with Crippen LogP contribution in [0, 0.1) is 17.2 Å². The molecule has 0 spiro atoms. The van der Waals surface area contributed by atoms with Crippen LogP contribution in [-0.2, 0) is 14.7 Å². The van der Waals surface area contributed by atoms with Crippen LogP contribution >= 0.6 is 0 Å². The average Bonchev–Trinajstić information content (AvgIpc) is 2.54. The van der Waals surface area contributed by atoms with Crippen LogP contribution < -0.4 is 0 Å². The van der Waals surface area contributed by atoms with Gasteiger partial charge in [0, 0.05) is 0 Å². The number of carbonyl (C=O) groups excluding carboxylic acids is 1. The molecule has 0 unspecified atom stereocenters. The number of fused-ring (bicyclic) bond motifs is 2. The van der Waals surface area contributed by atoms with Gasteiger partial charge >= 0.3 is 6.03 Å². The summed E-state index contributed by atoms with van der Waals surface area (Å²) in [5.41, 5.74) is 0.706. The largest absolute Gasteiger partial charge is 0.724 e. The van der Waals surface area contributed by atoms with Gasteiger partial charge in [-0.2, -0.15) is 14.6 Å². The van der Waals surface area contributed by atoms with Crippen molar-refractivity contribution in [3.8, 4) is 6.07 Å². The fourth-order valence-corrected chi connectivity index (χ4v) is 2.69. The number of urea groups is 1. The molecule has 2 rings (SSSR count). The van der Waals surface area contributed by atoms with Crippen LogP contribution in [0.4, 0.5) is 4.79 Å². The third kappa shape index (κ3) is 2.42. The number of hydroxylamine groups is 2. The first-order valence-electron chi connectivity index (χ1n) is 5.61. The summed E-state index contributed by atoms with van der Waals surface area (Å²) in [6.45, 7) is 3.84. The van der Waals surface area contributed by atoms with Crippen molar-refractivity contribution in [2.75, 3.05) is 6.54 Å². The van der Waals surface area contributed by atoms with E-state index in [-0.39, 0.29) is 12.5 Å². The summed E-state index contributed by atoms with van der Waals surface area (Å²) >= 11 is 0. The number of carbonyl (C=O) groups is 1. The summed E-state index contributed by atoms with van der Waals surface area (Å²) < 4.78 is 36.2. The third-order valence-corrected chi connectivity index (χ3v) is 3.47. The van der Waals surface area contributed by atoms with Crippen LogP contribution in [0.5, 0.6) is 0 Å². The summed E-state index contributed by atoms with van der Waals surface area (Å²) in [5, 5.41) is 9.57. The van der Waals surface area contributed by atoms with Crippen molar-refractivity contribution in [2.24, 2.45) is 5.92 Å². The van der Waals surface area contributed by atoms with E-state index in [4.69, 9.17) is 5.26 Å². The Hall–Kier alpha value is -1.63. The van der Waals surface area contributed by atoms with Gasteiger partial charge in [0.1, 0.15) is 12.1 Å². The molecule has 0 aliphatic carbocycles. The minimum atomic E-state index is -5.03. The number of rotatable bonds is 3. The zero-order valence-electron chi connectivity index (χ0n) is 10.3. The number of hydrogen-bond acceptors (Lipinski definition) is 6. The second-order valence-electron chi connectivity index (χ2n) is 4.65. The van der Waals surface area contributed by atoms with Gasteiger partial charge in [-0.3, -0.25) is 0 Å². The molecule has 1 fully saturated rings. The molecular formula is C10H12N3O5S-. The molecule has 2 amide bonds. The molecule has 0 aromatic carbocycles. The lowest BCUT2D eigenvalue weighted by molar-refractivity contribution is -0.0240. The van der Waals surface area contributed by atoms with Gasteiger partial charge in [0.2, 0.25) is 10.4 Å². The lowest BCUT2D eigenvalue weighted by Gasteiger charge is -2.28. The molecule has 19 heavy (non-hydrogen) atoms. The Bertz CT molecular complexity index is 576. The molecule has 104 valence electrons. The van der Waals surface area contributed by atoms with Crippen LogP contribution in [0.15, 0.2) is 11.6 Å². The van der Waals surface area contributed by atoms with Crippen LogP contribution in [0.25, 0.3) is 0 Å². The van der Waals surface area contributed by atoms with Gasteiger partial charge in [0.15, 0.2) is 0 Å². The third-order valence-electron chi connectivity index (χ3n) is 3.13. The van der Waals surface area contributed by atoms with Crippen LogP contribution in [-0.4, -0.2) is 47.6 Å². The normalized spacial score (nSPS) is 26.7. The Balaban J connectivity index is 2.39. The molecule has 0 saturated carbocycles. The van der Waals surface area contributed by atoms with Gasteiger partial charge in [0.05, 0.1) is 12.6 Å².